The third-order valence-electron chi connectivity index (χ3n) is 4.76. The number of hydrogen-bond acceptors (Lipinski definition) is 4. The van der Waals surface area contributed by atoms with Crippen LogP contribution in [0.15, 0.2) is 23.4 Å². The molecule has 1 aliphatic rings. The van der Waals surface area contributed by atoms with Crippen LogP contribution in [0.1, 0.15) is 39.5 Å². The number of aromatic amines is 1. The van der Waals surface area contributed by atoms with Gasteiger partial charge in [-0.2, -0.15) is 0 Å². The standard InChI is InChI=1S/C18H25N3O2S/c1-11-6-4-5-7-14(11)19-17(22)12(2)24-18-20-15-9-8-13(23-3)10-16(15)21-18/h8-12,14H,4-7H2,1-3H3,(H,19,22)(H,20,21). The molecule has 2 N–H and O–H groups in total. The van der Waals surface area contributed by atoms with Gasteiger partial charge in [0.05, 0.1) is 23.4 Å². The van der Waals surface area contributed by atoms with Gasteiger partial charge in [-0.15, -0.1) is 0 Å². The van der Waals surface area contributed by atoms with Crippen LogP contribution >= 0.6 is 11.8 Å². The molecule has 3 atom stereocenters. The topological polar surface area (TPSA) is 67.0 Å². The van der Waals surface area contributed by atoms with Crippen molar-refractivity contribution < 1.29 is 9.53 Å². The van der Waals surface area contributed by atoms with E-state index in [4.69, 9.17) is 4.74 Å². The van der Waals surface area contributed by atoms with Gasteiger partial charge in [0.1, 0.15) is 5.75 Å². The Morgan fingerprint density at radius 1 is 1.42 bits per heavy atom. The van der Waals surface area contributed by atoms with Gasteiger partial charge in [0.15, 0.2) is 5.16 Å². The number of nitrogens with zero attached hydrogens (tertiary/aromatic N) is 1. The summed E-state index contributed by atoms with van der Waals surface area (Å²) in [5.74, 6) is 1.45. The summed E-state index contributed by atoms with van der Waals surface area (Å²) >= 11 is 1.46. The van der Waals surface area contributed by atoms with Crippen molar-refractivity contribution in [2.24, 2.45) is 5.92 Å². The fraction of sp³-hybridized carbons (Fsp3) is 0.556. The Balaban J connectivity index is 1.63. The minimum absolute atomic E-state index is 0.0942. The quantitative estimate of drug-likeness (QED) is 0.809. The third kappa shape index (κ3) is 3.86. The molecular weight excluding hydrogens is 322 g/mol. The Morgan fingerprint density at radius 3 is 2.96 bits per heavy atom. The summed E-state index contributed by atoms with van der Waals surface area (Å²) in [7, 11) is 1.64. The van der Waals surface area contributed by atoms with Crippen molar-refractivity contribution in [1.29, 1.82) is 0 Å². The lowest BCUT2D eigenvalue weighted by Gasteiger charge is -2.30. The fourth-order valence-electron chi connectivity index (χ4n) is 3.20. The first-order valence-electron chi connectivity index (χ1n) is 8.57. The molecule has 1 aromatic carbocycles. The van der Waals surface area contributed by atoms with Gasteiger partial charge in [-0.25, -0.2) is 4.98 Å². The molecule has 0 saturated heterocycles. The minimum atomic E-state index is -0.179. The molecule has 0 aliphatic heterocycles. The number of benzene rings is 1. The van der Waals surface area contributed by atoms with Gasteiger partial charge in [0.2, 0.25) is 5.91 Å². The molecule has 1 aromatic heterocycles. The van der Waals surface area contributed by atoms with Crippen molar-refractivity contribution in [3.8, 4) is 5.75 Å². The zero-order valence-corrected chi connectivity index (χ0v) is 15.3. The molecule has 3 unspecified atom stereocenters. The summed E-state index contributed by atoms with van der Waals surface area (Å²) in [4.78, 5) is 20.3. The van der Waals surface area contributed by atoms with E-state index in [0.29, 0.717) is 12.0 Å². The minimum Gasteiger partial charge on any atom is -0.497 e. The lowest BCUT2D eigenvalue weighted by atomic mass is 9.86. The predicted molar refractivity (Wildman–Crippen MR) is 97.5 cm³/mol. The third-order valence-corrected chi connectivity index (χ3v) is 5.75. The number of hydrogen-bond donors (Lipinski definition) is 2. The number of thioether (sulfide) groups is 1. The summed E-state index contributed by atoms with van der Waals surface area (Å²) in [5.41, 5.74) is 1.80. The number of H-pyrrole nitrogens is 1. The van der Waals surface area contributed by atoms with Crippen molar-refractivity contribution in [2.75, 3.05) is 7.11 Å². The fourth-order valence-corrected chi connectivity index (χ4v) is 4.03. The number of amides is 1. The summed E-state index contributed by atoms with van der Waals surface area (Å²) in [5, 5.41) is 3.80. The number of rotatable bonds is 5. The van der Waals surface area contributed by atoms with Crippen molar-refractivity contribution >= 4 is 28.7 Å². The number of nitrogens with one attached hydrogen (secondary N) is 2. The zero-order valence-electron chi connectivity index (χ0n) is 14.5. The molecule has 1 amide bonds. The average molecular weight is 347 g/mol. The Kier molecular flexibility index (Phi) is 5.33. The smallest absolute Gasteiger partial charge is 0.233 e. The summed E-state index contributed by atoms with van der Waals surface area (Å²) in [6.45, 7) is 4.16. The second kappa shape index (κ2) is 7.47. The van der Waals surface area contributed by atoms with E-state index in [-0.39, 0.29) is 11.2 Å². The summed E-state index contributed by atoms with van der Waals surface area (Å²) in [6.07, 6.45) is 4.79. The molecule has 0 bridgehead atoms. The van der Waals surface area contributed by atoms with Gasteiger partial charge in [-0.1, -0.05) is 31.5 Å². The molecule has 2 aromatic rings. The molecule has 1 saturated carbocycles. The van der Waals surface area contributed by atoms with Crippen molar-refractivity contribution in [1.82, 2.24) is 15.3 Å². The van der Waals surface area contributed by atoms with Crippen LogP contribution in [0, 0.1) is 5.92 Å². The second-order valence-corrected chi connectivity index (χ2v) is 7.89. The number of methoxy groups -OCH3 is 1. The first-order chi connectivity index (χ1) is 11.6. The second-order valence-electron chi connectivity index (χ2n) is 6.56. The number of imidazole rings is 1. The Hall–Kier alpha value is -1.69. The predicted octanol–water partition coefficient (Wildman–Crippen LogP) is 3.75. The molecule has 0 spiro atoms. The van der Waals surface area contributed by atoms with Crippen molar-refractivity contribution in [3.63, 3.8) is 0 Å². The zero-order chi connectivity index (χ0) is 17.1. The molecule has 1 fully saturated rings. The first-order valence-corrected chi connectivity index (χ1v) is 9.45. The maximum absolute atomic E-state index is 12.5. The van der Waals surface area contributed by atoms with Crippen molar-refractivity contribution in [3.05, 3.63) is 18.2 Å². The van der Waals surface area contributed by atoms with Gasteiger partial charge in [0, 0.05) is 12.1 Å². The highest BCUT2D eigenvalue weighted by Gasteiger charge is 2.25. The number of aromatic nitrogens is 2. The van der Waals surface area contributed by atoms with Gasteiger partial charge in [-0.05, 0) is 37.8 Å². The van der Waals surface area contributed by atoms with Gasteiger partial charge >= 0.3 is 0 Å². The molecule has 6 heteroatoms. The SMILES string of the molecule is COc1ccc2nc(SC(C)C(=O)NC3CCCCC3C)[nH]c2c1. The van der Waals surface area contributed by atoms with Crippen molar-refractivity contribution in [2.45, 2.75) is 56.0 Å². The maximum atomic E-state index is 12.5. The van der Waals surface area contributed by atoms with Crippen LogP contribution in [-0.4, -0.2) is 34.3 Å². The Labute approximate surface area is 146 Å². The molecule has 24 heavy (non-hydrogen) atoms. The molecule has 130 valence electrons. The summed E-state index contributed by atoms with van der Waals surface area (Å²) < 4.78 is 5.23. The number of fused-ring (bicyclic) bond motifs is 1. The van der Waals surface area contributed by atoms with Gasteiger partial charge in [-0.3, -0.25) is 4.79 Å². The van der Waals surface area contributed by atoms with E-state index in [0.717, 1.165) is 28.4 Å². The molecule has 1 aliphatic carbocycles. The highest BCUT2D eigenvalue weighted by molar-refractivity contribution is 8.00. The monoisotopic (exact) mass is 347 g/mol. The van der Waals surface area contributed by atoms with Crippen LogP contribution in [0.25, 0.3) is 11.0 Å². The lowest BCUT2D eigenvalue weighted by molar-refractivity contribution is -0.121. The molecule has 3 rings (SSSR count). The lowest BCUT2D eigenvalue weighted by Crippen LogP contribution is -2.44. The van der Waals surface area contributed by atoms with E-state index < -0.39 is 0 Å². The summed E-state index contributed by atoms with van der Waals surface area (Å²) in [6, 6.07) is 6.04. The number of carbonyl (C=O) groups is 1. The first kappa shape index (κ1) is 17.1. The van der Waals surface area contributed by atoms with E-state index in [1.165, 1.54) is 31.0 Å². The van der Waals surface area contributed by atoms with E-state index in [2.05, 4.69) is 22.2 Å². The molecule has 0 radical (unpaired) electrons. The average Bonchev–Trinajstić information content (AvgIpc) is 2.97. The van der Waals surface area contributed by atoms with Crippen LogP contribution in [0.4, 0.5) is 0 Å². The molecule has 1 heterocycles. The van der Waals surface area contributed by atoms with Gasteiger partial charge in [0.25, 0.3) is 0 Å². The van der Waals surface area contributed by atoms with E-state index in [1.54, 1.807) is 7.11 Å². The van der Waals surface area contributed by atoms with Crippen LogP contribution in [0.2, 0.25) is 0 Å². The van der Waals surface area contributed by atoms with Crippen LogP contribution in [-0.2, 0) is 4.79 Å². The number of ether oxygens (including phenoxy) is 1. The van der Waals surface area contributed by atoms with Crippen LogP contribution in [0.3, 0.4) is 0 Å². The highest BCUT2D eigenvalue weighted by atomic mass is 32.2. The number of carbonyl (C=O) groups excluding carboxylic acids is 1. The highest BCUT2D eigenvalue weighted by Crippen LogP contribution is 2.27. The largest absolute Gasteiger partial charge is 0.497 e. The molecular formula is C18H25N3O2S. The molecule has 5 nitrogen and oxygen atoms in total. The Bertz CT molecular complexity index is 715. The van der Waals surface area contributed by atoms with Crippen LogP contribution < -0.4 is 10.1 Å². The normalized spacial score (nSPS) is 22.3. The van der Waals surface area contributed by atoms with E-state index in [1.807, 2.05) is 25.1 Å². The Morgan fingerprint density at radius 2 is 2.21 bits per heavy atom. The van der Waals surface area contributed by atoms with E-state index in [9.17, 15) is 4.79 Å². The van der Waals surface area contributed by atoms with Crippen LogP contribution in [0.5, 0.6) is 5.75 Å². The van der Waals surface area contributed by atoms with Gasteiger partial charge < -0.3 is 15.0 Å². The van der Waals surface area contributed by atoms with E-state index >= 15 is 0 Å². The maximum Gasteiger partial charge on any atom is 0.233 e.